The topological polar surface area (TPSA) is 55.1 Å². The Morgan fingerprint density at radius 2 is 1.91 bits per heavy atom. The molecule has 110 valence electrons. The summed E-state index contributed by atoms with van der Waals surface area (Å²) in [4.78, 5) is 10.8. The van der Waals surface area contributed by atoms with E-state index < -0.39 is 5.97 Å². The number of halogens is 1. The summed E-state index contributed by atoms with van der Waals surface area (Å²) in [6.07, 6.45) is 3.55. The van der Waals surface area contributed by atoms with Crippen molar-refractivity contribution in [3.05, 3.63) is 77.9 Å². The number of carboxylic acids is 1. The minimum atomic E-state index is -0.951. The van der Waals surface area contributed by atoms with Crippen LogP contribution in [0.3, 0.4) is 0 Å². The van der Waals surface area contributed by atoms with E-state index in [1.165, 1.54) is 12.1 Å². The van der Waals surface area contributed by atoms with E-state index in [1.54, 1.807) is 41.2 Å². The van der Waals surface area contributed by atoms with Crippen molar-refractivity contribution in [3.8, 4) is 11.1 Å². The minimum absolute atomic E-state index is 0.246. The second-order valence-corrected chi connectivity index (χ2v) is 4.94. The fraction of sp³-hybridized carbons (Fsp3) is 0.0588. The second kappa shape index (κ2) is 5.81. The third-order valence-corrected chi connectivity index (χ3v) is 3.33. The summed E-state index contributed by atoms with van der Waals surface area (Å²) in [5.41, 5.74) is 2.84. The maximum atomic E-state index is 13.2. The van der Waals surface area contributed by atoms with Crippen LogP contribution in [-0.4, -0.2) is 20.9 Å². The van der Waals surface area contributed by atoms with E-state index >= 15 is 0 Å². The van der Waals surface area contributed by atoms with Crippen molar-refractivity contribution in [2.75, 3.05) is 0 Å². The van der Waals surface area contributed by atoms with Crippen molar-refractivity contribution in [3.63, 3.8) is 0 Å². The molecule has 0 aliphatic rings. The first-order valence-corrected chi connectivity index (χ1v) is 6.72. The van der Waals surface area contributed by atoms with Crippen LogP contribution in [0.1, 0.15) is 15.9 Å². The van der Waals surface area contributed by atoms with Crippen LogP contribution < -0.4 is 0 Å². The quantitative estimate of drug-likeness (QED) is 0.802. The van der Waals surface area contributed by atoms with E-state index in [1.807, 2.05) is 12.3 Å². The predicted molar refractivity (Wildman–Crippen MR) is 80.1 cm³/mol. The fourth-order valence-electron chi connectivity index (χ4n) is 2.23. The van der Waals surface area contributed by atoms with Crippen molar-refractivity contribution in [1.82, 2.24) is 9.78 Å². The monoisotopic (exact) mass is 296 g/mol. The fourth-order valence-corrected chi connectivity index (χ4v) is 2.23. The Balaban J connectivity index is 1.80. The first-order valence-electron chi connectivity index (χ1n) is 6.72. The van der Waals surface area contributed by atoms with E-state index in [0.717, 1.165) is 16.7 Å². The molecule has 0 fully saturated rings. The number of carbonyl (C=O) groups is 1. The van der Waals surface area contributed by atoms with Crippen molar-refractivity contribution >= 4 is 5.97 Å². The Hall–Kier alpha value is -2.95. The Morgan fingerprint density at radius 3 is 2.59 bits per heavy atom. The maximum Gasteiger partial charge on any atom is 0.335 e. The molecule has 0 aliphatic carbocycles. The minimum Gasteiger partial charge on any atom is -0.478 e. The molecule has 1 heterocycles. The van der Waals surface area contributed by atoms with Gasteiger partial charge in [-0.2, -0.15) is 5.10 Å². The predicted octanol–water partition coefficient (Wildman–Crippen LogP) is 3.44. The van der Waals surface area contributed by atoms with Gasteiger partial charge in [-0.25, -0.2) is 9.18 Å². The lowest BCUT2D eigenvalue weighted by atomic mass is 10.1. The lowest BCUT2D eigenvalue weighted by Gasteiger charge is -2.02. The normalized spacial score (nSPS) is 10.6. The average Bonchev–Trinajstić information content (AvgIpc) is 2.96. The van der Waals surface area contributed by atoms with E-state index in [2.05, 4.69) is 5.10 Å². The number of carboxylic acid groups (broad SMARTS) is 1. The first kappa shape index (κ1) is 14.0. The molecule has 1 aromatic heterocycles. The zero-order chi connectivity index (χ0) is 15.5. The molecule has 0 atom stereocenters. The summed E-state index contributed by atoms with van der Waals surface area (Å²) in [5.74, 6) is -1.22. The van der Waals surface area contributed by atoms with Crippen LogP contribution in [-0.2, 0) is 6.54 Å². The standard InChI is InChI=1S/C17H13FN2O2/c18-16-3-1-2-12(8-16)10-20-11-15(9-19-20)13-4-6-14(7-5-13)17(21)22/h1-9,11H,10H2,(H,21,22). The van der Waals surface area contributed by atoms with Crippen LogP contribution >= 0.6 is 0 Å². The van der Waals surface area contributed by atoms with Crippen LogP contribution in [0.25, 0.3) is 11.1 Å². The van der Waals surface area contributed by atoms with E-state index in [-0.39, 0.29) is 11.4 Å². The molecule has 3 rings (SSSR count). The molecule has 2 aromatic carbocycles. The molecule has 4 nitrogen and oxygen atoms in total. The van der Waals surface area contributed by atoms with Gasteiger partial charge in [0.15, 0.2) is 0 Å². The molecule has 0 unspecified atom stereocenters. The zero-order valence-electron chi connectivity index (χ0n) is 11.6. The highest BCUT2D eigenvalue weighted by Crippen LogP contribution is 2.19. The Labute approximate surface area is 126 Å². The highest BCUT2D eigenvalue weighted by Gasteiger charge is 2.06. The Morgan fingerprint density at radius 1 is 1.14 bits per heavy atom. The van der Waals surface area contributed by atoms with Crippen LogP contribution in [0.15, 0.2) is 60.9 Å². The zero-order valence-corrected chi connectivity index (χ0v) is 11.6. The lowest BCUT2D eigenvalue weighted by molar-refractivity contribution is 0.0697. The van der Waals surface area contributed by atoms with Gasteiger partial charge in [0, 0.05) is 11.8 Å². The van der Waals surface area contributed by atoms with Crippen LogP contribution in [0, 0.1) is 5.82 Å². The van der Waals surface area contributed by atoms with Crippen LogP contribution in [0.2, 0.25) is 0 Å². The molecule has 0 radical (unpaired) electrons. The van der Waals surface area contributed by atoms with Crippen molar-refractivity contribution in [2.24, 2.45) is 0 Å². The van der Waals surface area contributed by atoms with Gasteiger partial charge in [0.25, 0.3) is 0 Å². The molecule has 0 saturated carbocycles. The molecule has 22 heavy (non-hydrogen) atoms. The van der Waals surface area contributed by atoms with Gasteiger partial charge in [-0.15, -0.1) is 0 Å². The van der Waals surface area contributed by atoms with Gasteiger partial charge in [-0.3, -0.25) is 4.68 Å². The van der Waals surface area contributed by atoms with Gasteiger partial charge < -0.3 is 5.11 Å². The number of benzene rings is 2. The number of nitrogens with zero attached hydrogens (tertiary/aromatic N) is 2. The van der Waals surface area contributed by atoms with Crippen molar-refractivity contribution in [2.45, 2.75) is 6.54 Å². The maximum absolute atomic E-state index is 13.2. The molecule has 0 saturated heterocycles. The molecule has 0 spiro atoms. The molecule has 5 heteroatoms. The Kier molecular flexibility index (Phi) is 3.70. The SMILES string of the molecule is O=C(O)c1ccc(-c2cnn(Cc3cccc(F)c3)c2)cc1. The Bertz CT molecular complexity index is 810. The molecule has 0 bridgehead atoms. The molecule has 0 aliphatic heterocycles. The van der Waals surface area contributed by atoms with Crippen LogP contribution in [0.4, 0.5) is 4.39 Å². The van der Waals surface area contributed by atoms with Crippen molar-refractivity contribution in [1.29, 1.82) is 0 Å². The largest absolute Gasteiger partial charge is 0.478 e. The summed E-state index contributed by atoms with van der Waals surface area (Å²) in [7, 11) is 0. The number of rotatable bonds is 4. The smallest absolute Gasteiger partial charge is 0.335 e. The third-order valence-electron chi connectivity index (χ3n) is 3.33. The van der Waals surface area contributed by atoms with E-state index in [0.29, 0.717) is 6.54 Å². The number of aromatic carboxylic acids is 1. The molecular formula is C17H13FN2O2. The van der Waals surface area contributed by atoms with Crippen LogP contribution in [0.5, 0.6) is 0 Å². The highest BCUT2D eigenvalue weighted by atomic mass is 19.1. The number of hydrogen-bond acceptors (Lipinski definition) is 2. The summed E-state index contributed by atoms with van der Waals surface area (Å²) < 4.78 is 14.9. The van der Waals surface area contributed by atoms with Gasteiger partial charge in [0.1, 0.15) is 5.82 Å². The van der Waals surface area contributed by atoms with E-state index in [9.17, 15) is 9.18 Å². The van der Waals surface area contributed by atoms with Gasteiger partial charge in [-0.05, 0) is 35.4 Å². The molecular weight excluding hydrogens is 283 g/mol. The molecule has 3 aromatic rings. The third kappa shape index (κ3) is 3.03. The summed E-state index contributed by atoms with van der Waals surface area (Å²) >= 11 is 0. The summed E-state index contributed by atoms with van der Waals surface area (Å²) in [6, 6.07) is 13.0. The summed E-state index contributed by atoms with van der Waals surface area (Å²) in [6.45, 7) is 0.477. The second-order valence-electron chi connectivity index (χ2n) is 4.94. The van der Waals surface area contributed by atoms with Gasteiger partial charge in [0.2, 0.25) is 0 Å². The lowest BCUT2D eigenvalue weighted by Crippen LogP contribution is -1.99. The van der Waals surface area contributed by atoms with Crippen molar-refractivity contribution < 1.29 is 14.3 Å². The molecule has 1 N–H and O–H groups in total. The summed E-state index contributed by atoms with van der Waals surface area (Å²) in [5, 5.41) is 13.1. The average molecular weight is 296 g/mol. The van der Waals surface area contributed by atoms with Gasteiger partial charge >= 0.3 is 5.97 Å². The van der Waals surface area contributed by atoms with E-state index in [4.69, 9.17) is 5.11 Å². The van der Waals surface area contributed by atoms with Gasteiger partial charge in [0.05, 0.1) is 18.3 Å². The molecule has 0 amide bonds. The van der Waals surface area contributed by atoms with Gasteiger partial charge in [-0.1, -0.05) is 24.3 Å². The number of hydrogen-bond donors (Lipinski definition) is 1. The first-order chi connectivity index (χ1) is 10.6. The number of aromatic nitrogens is 2. The highest BCUT2D eigenvalue weighted by molar-refractivity contribution is 5.88.